The maximum absolute atomic E-state index is 11.8. The van der Waals surface area contributed by atoms with E-state index in [1.807, 2.05) is 4.90 Å². The predicted molar refractivity (Wildman–Crippen MR) is 68.1 cm³/mol. The summed E-state index contributed by atoms with van der Waals surface area (Å²) >= 11 is 1.25. The van der Waals surface area contributed by atoms with Crippen molar-refractivity contribution in [3.63, 3.8) is 0 Å². The number of carbonyl (C=O) groups excluding carboxylic acids is 1. The summed E-state index contributed by atoms with van der Waals surface area (Å²) in [4.78, 5) is 29.0. The summed E-state index contributed by atoms with van der Waals surface area (Å²) < 4.78 is 0. The van der Waals surface area contributed by atoms with Gasteiger partial charge in [0.25, 0.3) is 0 Å². The van der Waals surface area contributed by atoms with Gasteiger partial charge in [-0.25, -0.2) is 9.78 Å². The van der Waals surface area contributed by atoms with Gasteiger partial charge in [0.2, 0.25) is 5.91 Å². The zero-order valence-corrected chi connectivity index (χ0v) is 10.9. The van der Waals surface area contributed by atoms with E-state index >= 15 is 0 Å². The lowest BCUT2D eigenvalue weighted by Gasteiger charge is -2.14. The van der Waals surface area contributed by atoms with Crippen LogP contribution in [0.1, 0.15) is 28.2 Å². The van der Waals surface area contributed by atoms with Crippen molar-refractivity contribution in [2.24, 2.45) is 0 Å². The molecule has 98 valence electrons. The fourth-order valence-corrected chi connectivity index (χ4v) is 2.70. The van der Waals surface area contributed by atoms with Crippen molar-refractivity contribution in [1.29, 1.82) is 0 Å². The largest absolute Gasteiger partial charge is 0.476 e. The first-order valence-corrected chi connectivity index (χ1v) is 6.62. The van der Waals surface area contributed by atoms with E-state index in [0.717, 1.165) is 25.9 Å². The number of anilines is 1. The van der Waals surface area contributed by atoms with E-state index in [9.17, 15) is 9.59 Å². The van der Waals surface area contributed by atoms with Gasteiger partial charge >= 0.3 is 5.97 Å². The van der Waals surface area contributed by atoms with Gasteiger partial charge in [-0.2, -0.15) is 0 Å². The minimum Gasteiger partial charge on any atom is -0.476 e. The molecule has 1 aromatic rings. The molecule has 2 rings (SSSR count). The molecule has 0 aliphatic carbocycles. The SMILES string of the molecule is Cc1sc(NCC(=O)N2CCCC2)nc1C(=O)O. The fraction of sp³-hybridized carbons (Fsp3) is 0.545. The van der Waals surface area contributed by atoms with Crippen LogP contribution in [0, 0.1) is 6.92 Å². The molecule has 0 unspecified atom stereocenters. The van der Waals surface area contributed by atoms with Gasteiger partial charge < -0.3 is 15.3 Å². The number of aromatic nitrogens is 1. The summed E-state index contributed by atoms with van der Waals surface area (Å²) in [5, 5.41) is 12.2. The minimum absolute atomic E-state index is 0.0391. The van der Waals surface area contributed by atoms with E-state index in [1.54, 1.807) is 6.92 Å². The second kappa shape index (κ2) is 5.34. The molecule has 7 heteroatoms. The Balaban J connectivity index is 1.91. The summed E-state index contributed by atoms with van der Waals surface area (Å²) in [6, 6.07) is 0. The highest BCUT2D eigenvalue weighted by molar-refractivity contribution is 7.15. The lowest BCUT2D eigenvalue weighted by atomic mass is 10.4. The van der Waals surface area contributed by atoms with Crippen molar-refractivity contribution in [2.75, 3.05) is 25.0 Å². The average molecular weight is 269 g/mol. The van der Waals surface area contributed by atoms with Crippen LogP contribution in [0.3, 0.4) is 0 Å². The molecule has 1 fully saturated rings. The number of amides is 1. The normalized spacial score (nSPS) is 14.8. The van der Waals surface area contributed by atoms with Crippen molar-refractivity contribution in [1.82, 2.24) is 9.88 Å². The van der Waals surface area contributed by atoms with Gasteiger partial charge in [0.15, 0.2) is 10.8 Å². The third-order valence-corrected chi connectivity index (χ3v) is 3.78. The molecule has 1 aromatic heterocycles. The second-order valence-corrected chi connectivity index (χ2v) is 5.37. The Bertz CT molecular complexity index is 466. The van der Waals surface area contributed by atoms with E-state index in [1.165, 1.54) is 11.3 Å². The molecule has 1 aliphatic heterocycles. The number of nitrogens with one attached hydrogen (secondary N) is 1. The molecule has 0 spiro atoms. The monoisotopic (exact) mass is 269 g/mol. The first-order valence-electron chi connectivity index (χ1n) is 5.80. The number of hydrogen-bond donors (Lipinski definition) is 2. The number of aryl methyl sites for hydroxylation is 1. The predicted octanol–water partition coefficient (Wildman–Crippen LogP) is 1.18. The molecule has 1 amide bonds. The molecule has 0 radical (unpaired) electrons. The summed E-state index contributed by atoms with van der Waals surface area (Å²) in [6.07, 6.45) is 2.12. The number of carboxylic acid groups (broad SMARTS) is 1. The Morgan fingerprint density at radius 2 is 2.11 bits per heavy atom. The van der Waals surface area contributed by atoms with Gasteiger partial charge in [0.1, 0.15) is 0 Å². The number of thiazole rings is 1. The van der Waals surface area contributed by atoms with Crippen molar-refractivity contribution in [3.05, 3.63) is 10.6 Å². The molecule has 2 N–H and O–H groups in total. The lowest BCUT2D eigenvalue weighted by Crippen LogP contribution is -2.32. The molecule has 1 saturated heterocycles. The number of aromatic carboxylic acids is 1. The van der Waals surface area contributed by atoms with Crippen molar-refractivity contribution >= 4 is 28.3 Å². The van der Waals surface area contributed by atoms with Gasteiger partial charge in [-0.15, -0.1) is 11.3 Å². The summed E-state index contributed by atoms with van der Waals surface area (Å²) in [6.45, 7) is 3.51. The van der Waals surface area contributed by atoms with Crippen LogP contribution in [0.25, 0.3) is 0 Å². The first kappa shape index (κ1) is 12.8. The zero-order valence-electron chi connectivity index (χ0n) is 10.1. The van der Waals surface area contributed by atoms with Crippen LogP contribution in [-0.4, -0.2) is 46.5 Å². The molecule has 1 aliphatic rings. The summed E-state index contributed by atoms with van der Waals surface area (Å²) in [5.74, 6) is -1.00. The minimum atomic E-state index is -1.04. The third-order valence-electron chi connectivity index (χ3n) is 2.85. The van der Waals surface area contributed by atoms with Crippen LogP contribution in [-0.2, 0) is 4.79 Å². The maximum Gasteiger partial charge on any atom is 0.355 e. The number of carbonyl (C=O) groups is 2. The molecule has 0 saturated carbocycles. The van der Waals surface area contributed by atoms with E-state index in [-0.39, 0.29) is 18.1 Å². The fourth-order valence-electron chi connectivity index (χ4n) is 1.90. The van der Waals surface area contributed by atoms with Gasteiger partial charge in [-0.05, 0) is 19.8 Å². The Hall–Kier alpha value is -1.63. The number of nitrogens with zero attached hydrogens (tertiary/aromatic N) is 2. The van der Waals surface area contributed by atoms with Crippen LogP contribution < -0.4 is 5.32 Å². The maximum atomic E-state index is 11.8. The van der Waals surface area contributed by atoms with Crippen LogP contribution in [0.2, 0.25) is 0 Å². The Kier molecular flexibility index (Phi) is 3.81. The van der Waals surface area contributed by atoms with Crippen LogP contribution in [0.5, 0.6) is 0 Å². The van der Waals surface area contributed by atoms with E-state index in [2.05, 4.69) is 10.3 Å². The lowest BCUT2D eigenvalue weighted by molar-refractivity contribution is -0.128. The van der Waals surface area contributed by atoms with Crippen molar-refractivity contribution in [3.8, 4) is 0 Å². The highest BCUT2D eigenvalue weighted by Gasteiger charge is 2.19. The highest BCUT2D eigenvalue weighted by Crippen LogP contribution is 2.21. The van der Waals surface area contributed by atoms with Gasteiger partial charge in [0, 0.05) is 18.0 Å². The number of likely N-dealkylation sites (tertiary alicyclic amines) is 1. The van der Waals surface area contributed by atoms with Crippen molar-refractivity contribution in [2.45, 2.75) is 19.8 Å². The molecule has 6 nitrogen and oxygen atoms in total. The van der Waals surface area contributed by atoms with Gasteiger partial charge in [-0.1, -0.05) is 0 Å². The van der Waals surface area contributed by atoms with Crippen molar-refractivity contribution < 1.29 is 14.7 Å². The summed E-state index contributed by atoms with van der Waals surface area (Å²) in [7, 11) is 0. The molecule has 18 heavy (non-hydrogen) atoms. The number of rotatable bonds is 4. The van der Waals surface area contributed by atoms with E-state index in [0.29, 0.717) is 10.0 Å². The second-order valence-electron chi connectivity index (χ2n) is 4.17. The van der Waals surface area contributed by atoms with E-state index in [4.69, 9.17) is 5.11 Å². The molecule has 0 atom stereocenters. The molecule has 0 aromatic carbocycles. The molecule has 0 bridgehead atoms. The van der Waals surface area contributed by atoms with Gasteiger partial charge in [-0.3, -0.25) is 4.79 Å². The highest BCUT2D eigenvalue weighted by atomic mass is 32.1. The Morgan fingerprint density at radius 3 is 2.67 bits per heavy atom. The van der Waals surface area contributed by atoms with Crippen LogP contribution in [0.15, 0.2) is 0 Å². The van der Waals surface area contributed by atoms with Crippen LogP contribution >= 0.6 is 11.3 Å². The quantitative estimate of drug-likeness (QED) is 0.857. The number of hydrogen-bond acceptors (Lipinski definition) is 5. The smallest absolute Gasteiger partial charge is 0.355 e. The average Bonchev–Trinajstić information content (AvgIpc) is 2.94. The van der Waals surface area contributed by atoms with Crippen LogP contribution in [0.4, 0.5) is 5.13 Å². The summed E-state index contributed by atoms with van der Waals surface area (Å²) in [5.41, 5.74) is 0.0520. The standard InChI is InChI=1S/C11H15N3O3S/c1-7-9(10(16)17)13-11(18-7)12-6-8(15)14-4-2-3-5-14/h2-6H2,1H3,(H,12,13)(H,16,17). The Labute approximate surface area is 109 Å². The molecular formula is C11H15N3O3S. The Morgan fingerprint density at radius 1 is 1.44 bits per heavy atom. The van der Waals surface area contributed by atoms with Gasteiger partial charge in [0.05, 0.1) is 6.54 Å². The third kappa shape index (κ3) is 2.79. The van der Waals surface area contributed by atoms with E-state index < -0.39 is 5.97 Å². The zero-order chi connectivity index (χ0) is 13.1. The molecule has 2 heterocycles. The number of carboxylic acids is 1. The molecular weight excluding hydrogens is 254 g/mol. The topological polar surface area (TPSA) is 82.5 Å². The first-order chi connectivity index (χ1) is 8.58.